The van der Waals surface area contributed by atoms with E-state index in [2.05, 4.69) is 12.2 Å². The van der Waals surface area contributed by atoms with E-state index in [1.807, 2.05) is 0 Å². The molecule has 1 aliphatic heterocycles. The SMILES string of the molecule is CCCC1(C2C3CC4CC(C3)CC2C4)CCNC1. The van der Waals surface area contributed by atoms with Crippen molar-refractivity contribution >= 4 is 0 Å². The molecular weight excluding hydrogens is 218 g/mol. The van der Waals surface area contributed by atoms with Gasteiger partial charge in [0.2, 0.25) is 0 Å². The minimum atomic E-state index is 0.706. The van der Waals surface area contributed by atoms with Crippen LogP contribution in [0.2, 0.25) is 0 Å². The first-order valence-electron chi connectivity index (χ1n) is 8.51. The lowest BCUT2D eigenvalue weighted by molar-refractivity contribution is -0.0940. The van der Waals surface area contributed by atoms with Crippen LogP contribution in [0, 0.1) is 35.0 Å². The molecule has 0 spiro atoms. The summed E-state index contributed by atoms with van der Waals surface area (Å²) in [7, 11) is 0. The summed E-state index contributed by atoms with van der Waals surface area (Å²) in [6.07, 6.45) is 12.4. The van der Waals surface area contributed by atoms with Gasteiger partial charge in [0.1, 0.15) is 0 Å². The maximum absolute atomic E-state index is 3.71. The van der Waals surface area contributed by atoms with Gasteiger partial charge in [-0.3, -0.25) is 0 Å². The summed E-state index contributed by atoms with van der Waals surface area (Å²) in [5, 5.41) is 3.71. The summed E-state index contributed by atoms with van der Waals surface area (Å²) in [6.45, 7) is 5.03. The highest BCUT2D eigenvalue weighted by Gasteiger charge is 2.55. The summed E-state index contributed by atoms with van der Waals surface area (Å²) in [5.41, 5.74) is 0.706. The summed E-state index contributed by atoms with van der Waals surface area (Å²) < 4.78 is 0. The average molecular weight is 247 g/mol. The van der Waals surface area contributed by atoms with Crippen molar-refractivity contribution in [2.24, 2.45) is 35.0 Å². The standard InChI is InChI=1S/C17H29N/c1-2-3-17(4-5-18-11-17)16-14-7-12-6-13(9-14)10-15(16)8-12/h12-16,18H,2-11H2,1H3. The molecule has 4 bridgehead atoms. The lowest BCUT2D eigenvalue weighted by Crippen LogP contribution is -2.52. The molecule has 1 heterocycles. The second-order valence-corrected chi connectivity index (χ2v) is 8.00. The smallest absolute Gasteiger partial charge is 0.00111 e. The summed E-state index contributed by atoms with van der Waals surface area (Å²) in [6, 6.07) is 0. The molecular formula is C17H29N. The van der Waals surface area contributed by atoms with Crippen molar-refractivity contribution in [3.63, 3.8) is 0 Å². The zero-order chi connectivity index (χ0) is 12.2. The minimum Gasteiger partial charge on any atom is -0.316 e. The third-order valence-corrected chi connectivity index (χ3v) is 6.96. The highest BCUT2D eigenvalue weighted by atomic mass is 14.9. The molecule has 5 aliphatic rings. The van der Waals surface area contributed by atoms with Crippen molar-refractivity contribution < 1.29 is 0 Å². The molecule has 18 heavy (non-hydrogen) atoms. The maximum atomic E-state index is 3.71. The van der Waals surface area contributed by atoms with Gasteiger partial charge < -0.3 is 5.32 Å². The van der Waals surface area contributed by atoms with Gasteiger partial charge in [0, 0.05) is 6.54 Å². The molecule has 0 radical (unpaired) electrons. The largest absolute Gasteiger partial charge is 0.316 e. The molecule has 1 atom stereocenters. The first-order valence-corrected chi connectivity index (χ1v) is 8.51. The average Bonchev–Trinajstić information content (AvgIpc) is 2.77. The van der Waals surface area contributed by atoms with Gasteiger partial charge in [0.25, 0.3) is 0 Å². The molecule has 102 valence electrons. The molecule has 0 amide bonds. The second-order valence-electron chi connectivity index (χ2n) is 8.00. The van der Waals surface area contributed by atoms with E-state index >= 15 is 0 Å². The highest BCUT2D eigenvalue weighted by Crippen LogP contribution is 2.62. The molecule has 5 fully saturated rings. The third kappa shape index (κ3) is 1.62. The fourth-order valence-electron chi connectivity index (χ4n) is 6.85. The first-order chi connectivity index (χ1) is 8.81. The Morgan fingerprint density at radius 2 is 1.67 bits per heavy atom. The van der Waals surface area contributed by atoms with Gasteiger partial charge in [0.05, 0.1) is 0 Å². The molecule has 1 N–H and O–H groups in total. The Morgan fingerprint density at radius 3 is 2.17 bits per heavy atom. The minimum absolute atomic E-state index is 0.706. The Kier molecular flexibility index (Phi) is 2.76. The lowest BCUT2D eigenvalue weighted by atomic mass is 9.46. The summed E-state index contributed by atoms with van der Waals surface area (Å²) >= 11 is 0. The van der Waals surface area contributed by atoms with E-state index in [1.54, 1.807) is 32.1 Å². The van der Waals surface area contributed by atoms with Gasteiger partial charge in [-0.15, -0.1) is 0 Å². The van der Waals surface area contributed by atoms with E-state index < -0.39 is 0 Å². The van der Waals surface area contributed by atoms with Crippen LogP contribution in [-0.4, -0.2) is 13.1 Å². The van der Waals surface area contributed by atoms with E-state index in [0.717, 1.165) is 29.6 Å². The molecule has 0 aromatic carbocycles. The maximum Gasteiger partial charge on any atom is 0.00111 e. The Labute approximate surface area is 112 Å². The number of hydrogen-bond donors (Lipinski definition) is 1. The second kappa shape index (κ2) is 4.23. The predicted octanol–water partition coefficient (Wildman–Crippen LogP) is 3.84. The van der Waals surface area contributed by atoms with E-state index in [9.17, 15) is 0 Å². The van der Waals surface area contributed by atoms with Crippen LogP contribution in [0.3, 0.4) is 0 Å². The van der Waals surface area contributed by atoms with E-state index in [1.165, 1.54) is 32.4 Å². The highest BCUT2D eigenvalue weighted by molar-refractivity contribution is 5.06. The number of hydrogen-bond acceptors (Lipinski definition) is 1. The molecule has 0 aromatic rings. The van der Waals surface area contributed by atoms with Crippen molar-refractivity contribution in [2.45, 2.75) is 58.3 Å². The zero-order valence-corrected chi connectivity index (χ0v) is 12.0. The van der Waals surface area contributed by atoms with Gasteiger partial charge in [-0.25, -0.2) is 0 Å². The van der Waals surface area contributed by atoms with Gasteiger partial charge in [-0.05, 0) is 86.5 Å². The van der Waals surface area contributed by atoms with E-state index in [-0.39, 0.29) is 0 Å². The number of nitrogens with one attached hydrogen (secondary N) is 1. The van der Waals surface area contributed by atoms with Crippen LogP contribution in [0.1, 0.15) is 58.3 Å². The van der Waals surface area contributed by atoms with E-state index in [4.69, 9.17) is 0 Å². The molecule has 0 aromatic heterocycles. The molecule has 1 unspecified atom stereocenters. The first kappa shape index (κ1) is 11.8. The van der Waals surface area contributed by atoms with Gasteiger partial charge in [-0.2, -0.15) is 0 Å². The summed E-state index contributed by atoms with van der Waals surface area (Å²) in [4.78, 5) is 0. The van der Waals surface area contributed by atoms with E-state index in [0.29, 0.717) is 5.41 Å². The Balaban J connectivity index is 1.63. The zero-order valence-electron chi connectivity index (χ0n) is 12.0. The van der Waals surface area contributed by atoms with Crippen molar-refractivity contribution in [1.29, 1.82) is 0 Å². The van der Waals surface area contributed by atoms with Gasteiger partial charge >= 0.3 is 0 Å². The van der Waals surface area contributed by atoms with Crippen LogP contribution >= 0.6 is 0 Å². The van der Waals surface area contributed by atoms with Gasteiger partial charge in [-0.1, -0.05) is 13.3 Å². The van der Waals surface area contributed by atoms with Crippen molar-refractivity contribution in [3.05, 3.63) is 0 Å². The monoisotopic (exact) mass is 247 g/mol. The summed E-state index contributed by atoms with van der Waals surface area (Å²) in [5.74, 6) is 5.61. The number of rotatable bonds is 3. The van der Waals surface area contributed by atoms with Gasteiger partial charge in [0.15, 0.2) is 0 Å². The quantitative estimate of drug-likeness (QED) is 0.799. The molecule has 1 heteroatoms. The van der Waals surface area contributed by atoms with Crippen LogP contribution in [0.5, 0.6) is 0 Å². The Morgan fingerprint density at radius 1 is 1.00 bits per heavy atom. The molecule has 4 saturated carbocycles. The van der Waals surface area contributed by atoms with Crippen molar-refractivity contribution in [3.8, 4) is 0 Å². The van der Waals surface area contributed by atoms with Crippen LogP contribution in [0.15, 0.2) is 0 Å². The van der Waals surface area contributed by atoms with Crippen molar-refractivity contribution in [1.82, 2.24) is 5.32 Å². The van der Waals surface area contributed by atoms with Crippen LogP contribution in [0.4, 0.5) is 0 Å². The fraction of sp³-hybridized carbons (Fsp3) is 1.00. The topological polar surface area (TPSA) is 12.0 Å². The van der Waals surface area contributed by atoms with Crippen LogP contribution in [-0.2, 0) is 0 Å². The molecule has 1 saturated heterocycles. The molecule has 5 rings (SSSR count). The fourth-order valence-corrected chi connectivity index (χ4v) is 6.85. The van der Waals surface area contributed by atoms with Crippen LogP contribution < -0.4 is 5.32 Å². The predicted molar refractivity (Wildman–Crippen MR) is 75.4 cm³/mol. The lowest BCUT2D eigenvalue weighted by Gasteiger charge is -2.59. The Bertz CT molecular complexity index is 288. The molecule has 1 nitrogen and oxygen atoms in total. The Hall–Kier alpha value is -0.0400. The molecule has 4 aliphatic carbocycles. The third-order valence-electron chi connectivity index (χ3n) is 6.96. The normalized spacial score (nSPS) is 54.2. The van der Waals surface area contributed by atoms with Crippen LogP contribution in [0.25, 0.3) is 0 Å². The van der Waals surface area contributed by atoms with Crippen molar-refractivity contribution in [2.75, 3.05) is 13.1 Å².